The van der Waals surface area contributed by atoms with Crippen molar-refractivity contribution in [1.29, 1.82) is 0 Å². The van der Waals surface area contributed by atoms with Gasteiger partial charge in [-0.1, -0.05) is 48.9 Å². The molecular formula is C20H24ClNO2S. The number of hydrogen-bond donors (Lipinski definition) is 1. The molecule has 0 aliphatic rings. The number of ether oxygens (including phenoxy) is 1. The van der Waals surface area contributed by atoms with Crippen molar-refractivity contribution in [3.63, 3.8) is 0 Å². The summed E-state index contributed by atoms with van der Waals surface area (Å²) in [6.45, 7) is 4.49. The number of halogens is 1. The Kier molecular flexibility index (Phi) is 8.16. The first-order valence-corrected chi connectivity index (χ1v) is 9.95. The van der Waals surface area contributed by atoms with Crippen molar-refractivity contribution >= 4 is 29.3 Å². The highest BCUT2D eigenvalue weighted by Gasteiger charge is 2.18. The Bertz CT molecular complexity index is 679. The molecule has 0 aliphatic heterocycles. The lowest BCUT2D eigenvalue weighted by molar-refractivity contribution is -0.127. The molecule has 25 heavy (non-hydrogen) atoms. The van der Waals surface area contributed by atoms with E-state index in [0.29, 0.717) is 23.7 Å². The third-order valence-corrected chi connectivity index (χ3v) is 5.18. The number of rotatable bonds is 9. The predicted molar refractivity (Wildman–Crippen MR) is 107 cm³/mol. The molecule has 0 fully saturated rings. The van der Waals surface area contributed by atoms with Gasteiger partial charge in [0.05, 0.1) is 0 Å². The number of carbonyl (C=O) groups excluding carboxylic acids is 1. The summed E-state index contributed by atoms with van der Waals surface area (Å²) in [4.78, 5) is 12.3. The van der Waals surface area contributed by atoms with E-state index in [-0.39, 0.29) is 5.91 Å². The SMILES string of the molecule is CC[C@H](Oc1ccc(Cl)c(C)c1)C(=O)NCCSCc1ccccc1. The van der Waals surface area contributed by atoms with Crippen LogP contribution in [0.2, 0.25) is 5.02 Å². The van der Waals surface area contributed by atoms with Gasteiger partial charge in [-0.25, -0.2) is 0 Å². The van der Waals surface area contributed by atoms with Crippen LogP contribution in [-0.4, -0.2) is 24.3 Å². The first kappa shape index (κ1) is 19.7. The van der Waals surface area contributed by atoms with E-state index in [1.807, 2.05) is 38.1 Å². The molecule has 134 valence electrons. The molecule has 0 heterocycles. The van der Waals surface area contributed by atoms with E-state index in [4.69, 9.17) is 16.3 Å². The smallest absolute Gasteiger partial charge is 0.261 e. The molecular weight excluding hydrogens is 354 g/mol. The zero-order chi connectivity index (χ0) is 18.1. The molecule has 0 bridgehead atoms. The van der Waals surface area contributed by atoms with E-state index in [1.54, 1.807) is 23.9 Å². The van der Waals surface area contributed by atoms with Crippen molar-refractivity contribution in [3.8, 4) is 5.75 Å². The van der Waals surface area contributed by atoms with Crippen LogP contribution in [0.5, 0.6) is 5.75 Å². The fourth-order valence-electron chi connectivity index (χ4n) is 2.30. The molecule has 0 aliphatic carbocycles. The van der Waals surface area contributed by atoms with Gasteiger partial charge >= 0.3 is 0 Å². The molecule has 1 atom stereocenters. The second kappa shape index (κ2) is 10.4. The Morgan fingerprint density at radius 1 is 1.24 bits per heavy atom. The fourth-order valence-corrected chi connectivity index (χ4v) is 3.24. The van der Waals surface area contributed by atoms with Gasteiger partial charge in [-0.2, -0.15) is 11.8 Å². The molecule has 1 amide bonds. The normalized spacial score (nSPS) is 11.8. The van der Waals surface area contributed by atoms with E-state index in [2.05, 4.69) is 17.4 Å². The monoisotopic (exact) mass is 377 g/mol. The molecule has 0 radical (unpaired) electrons. The second-order valence-corrected chi connectivity index (χ2v) is 7.27. The first-order valence-electron chi connectivity index (χ1n) is 8.42. The highest BCUT2D eigenvalue weighted by Crippen LogP contribution is 2.22. The average Bonchev–Trinajstić information content (AvgIpc) is 2.63. The number of amides is 1. The van der Waals surface area contributed by atoms with Crippen LogP contribution in [0.1, 0.15) is 24.5 Å². The van der Waals surface area contributed by atoms with Crippen molar-refractivity contribution in [3.05, 3.63) is 64.7 Å². The lowest BCUT2D eigenvalue weighted by Gasteiger charge is -2.17. The molecule has 0 spiro atoms. The Morgan fingerprint density at radius 3 is 2.68 bits per heavy atom. The highest BCUT2D eigenvalue weighted by atomic mass is 35.5. The molecule has 5 heteroatoms. The van der Waals surface area contributed by atoms with E-state index in [9.17, 15) is 4.79 Å². The number of aryl methyl sites for hydroxylation is 1. The third kappa shape index (κ3) is 6.63. The number of thioether (sulfide) groups is 1. The average molecular weight is 378 g/mol. The van der Waals surface area contributed by atoms with Gasteiger partial charge in [0, 0.05) is 23.1 Å². The summed E-state index contributed by atoms with van der Waals surface area (Å²) in [5.74, 6) is 2.42. The van der Waals surface area contributed by atoms with Gasteiger partial charge in [0.2, 0.25) is 0 Å². The van der Waals surface area contributed by atoms with E-state index >= 15 is 0 Å². The standard InChI is InChI=1S/C20H24ClNO2S/c1-3-19(24-17-9-10-18(21)15(2)13-17)20(23)22-11-12-25-14-16-7-5-4-6-8-16/h4-10,13,19H,3,11-12,14H2,1-2H3,(H,22,23)/t19-/m0/s1. The number of nitrogens with one attached hydrogen (secondary N) is 1. The Labute approximate surface area is 159 Å². The van der Waals surface area contributed by atoms with Crippen LogP contribution in [-0.2, 0) is 10.5 Å². The van der Waals surface area contributed by atoms with Gasteiger partial charge in [-0.05, 0) is 42.7 Å². The van der Waals surface area contributed by atoms with Crippen molar-refractivity contribution in [1.82, 2.24) is 5.32 Å². The van der Waals surface area contributed by atoms with Crippen LogP contribution >= 0.6 is 23.4 Å². The van der Waals surface area contributed by atoms with Crippen molar-refractivity contribution < 1.29 is 9.53 Å². The first-order chi connectivity index (χ1) is 12.1. The van der Waals surface area contributed by atoms with Crippen LogP contribution in [0.3, 0.4) is 0 Å². The maximum atomic E-state index is 12.3. The molecule has 0 aromatic heterocycles. The van der Waals surface area contributed by atoms with Gasteiger partial charge in [-0.15, -0.1) is 0 Å². The minimum atomic E-state index is -0.486. The summed E-state index contributed by atoms with van der Waals surface area (Å²) < 4.78 is 5.81. The lowest BCUT2D eigenvalue weighted by atomic mass is 10.2. The predicted octanol–water partition coefficient (Wildman–Crippen LogP) is 4.86. The van der Waals surface area contributed by atoms with Gasteiger partial charge in [0.15, 0.2) is 6.10 Å². The van der Waals surface area contributed by atoms with Crippen LogP contribution in [0, 0.1) is 6.92 Å². The van der Waals surface area contributed by atoms with Crippen LogP contribution in [0.4, 0.5) is 0 Å². The van der Waals surface area contributed by atoms with Gasteiger partial charge < -0.3 is 10.1 Å². The van der Waals surface area contributed by atoms with Gasteiger partial charge in [0.1, 0.15) is 5.75 Å². The fraction of sp³-hybridized carbons (Fsp3) is 0.350. The minimum absolute atomic E-state index is 0.0737. The second-order valence-electron chi connectivity index (χ2n) is 5.75. The zero-order valence-electron chi connectivity index (χ0n) is 14.6. The molecule has 2 aromatic carbocycles. The maximum Gasteiger partial charge on any atom is 0.261 e. The van der Waals surface area contributed by atoms with E-state index in [1.165, 1.54) is 5.56 Å². The molecule has 2 rings (SSSR count). The van der Waals surface area contributed by atoms with Crippen molar-refractivity contribution in [2.45, 2.75) is 32.1 Å². The van der Waals surface area contributed by atoms with Crippen molar-refractivity contribution in [2.75, 3.05) is 12.3 Å². The topological polar surface area (TPSA) is 38.3 Å². The summed E-state index contributed by atoms with van der Waals surface area (Å²) in [5, 5.41) is 3.65. The number of carbonyl (C=O) groups is 1. The highest BCUT2D eigenvalue weighted by molar-refractivity contribution is 7.98. The summed E-state index contributed by atoms with van der Waals surface area (Å²) in [7, 11) is 0. The summed E-state index contributed by atoms with van der Waals surface area (Å²) in [6.07, 6.45) is 0.129. The summed E-state index contributed by atoms with van der Waals surface area (Å²) in [6, 6.07) is 15.8. The molecule has 0 unspecified atom stereocenters. The molecule has 2 aromatic rings. The van der Waals surface area contributed by atoms with Gasteiger partial charge in [0.25, 0.3) is 5.91 Å². The molecule has 0 saturated carbocycles. The van der Waals surface area contributed by atoms with Crippen LogP contribution in [0.15, 0.2) is 48.5 Å². The third-order valence-electron chi connectivity index (χ3n) is 3.73. The van der Waals surface area contributed by atoms with E-state index in [0.717, 1.165) is 17.1 Å². The largest absolute Gasteiger partial charge is 0.481 e. The number of benzene rings is 2. The van der Waals surface area contributed by atoms with Crippen LogP contribution < -0.4 is 10.1 Å². The molecule has 1 N–H and O–H groups in total. The molecule has 0 saturated heterocycles. The minimum Gasteiger partial charge on any atom is -0.481 e. The Balaban J connectivity index is 1.73. The van der Waals surface area contributed by atoms with Crippen molar-refractivity contribution in [2.24, 2.45) is 0 Å². The Morgan fingerprint density at radius 2 is 2.00 bits per heavy atom. The zero-order valence-corrected chi connectivity index (χ0v) is 16.2. The number of hydrogen-bond acceptors (Lipinski definition) is 3. The lowest BCUT2D eigenvalue weighted by Crippen LogP contribution is -2.39. The quantitative estimate of drug-likeness (QED) is 0.634. The maximum absolute atomic E-state index is 12.3. The molecule has 3 nitrogen and oxygen atoms in total. The van der Waals surface area contributed by atoms with Crippen LogP contribution in [0.25, 0.3) is 0 Å². The van der Waals surface area contributed by atoms with Gasteiger partial charge in [-0.3, -0.25) is 4.79 Å². The summed E-state index contributed by atoms with van der Waals surface area (Å²) in [5.41, 5.74) is 2.23. The van der Waals surface area contributed by atoms with E-state index < -0.39 is 6.10 Å². The Hall–Kier alpha value is -1.65. The summed E-state index contributed by atoms with van der Waals surface area (Å²) >= 11 is 7.82.